The molecule has 0 spiro atoms. The summed E-state index contributed by atoms with van der Waals surface area (Å²) in [7, 11) is 1.61. The quantitative estimate of drug-likeness (QED) is 0.886. The molecule has 0 saturated carbocycles. The summed E-state index contributed by atoms with van der Waals surface area (Å²) in [4.78, 5) is 18.3. The Morgan fingerprint density at radius 2 is 2.05 bits per heavy atom. The first-order valence-electron chi connectivity index (χ1n) is 5.50. The molecule has 1 heterocycles. The SMILES string of the molecule is COCc1cccc(Oc2ncc(C(=O)O)cn2)c1. The van der Waals surface area contributed by atoms with E-state index in [1.54, 1.807) is 19.2 Å². The fraction of sp³-hybridized carbons (Fsp3) is 0.154. The van der Waals surface area contributed by atoms with Gasteiger partial charge in [0.2, 0.25) is 0 Å². The van der Waals surface area contributed by atoms with Crippen molar-refractivity contribution >= 4 is 5.97 Å². The largest absolute Gasteiger partial charge is 0.478 e. The van der Waals surface area contributed by atoms with Gasteiger partial charge in [-0.05, 0) is 17.7 Å². The minimum absolute atomic E-state index is 0.0143. The average Bonchev–Trinajstić information content (AvgIpc) is 2.40. The monoisotopic (exact) mass is 260 g/mol. The molecule has 6 heteroatoms. The highest BCUT2D eigenvalue weighted by Crippen LogP contribution is 2.19. The number of aromatic nitrogens is 2. The van der Waals surface area contributed by atoms with E-state index >= 15 is 0 Å². The number of methoxy groups -OCH3 is 1. The van der Waals surface area contributed by atoms with Crippen LogP contribution < -0.4 is 4.74 Å². The van der Waals surface area contributed by atoms with Crippen LogP contribution >= 0.6 is 0 Å². The van der Waals surface area contributed by atoms with Crippen molar-refractivity contribution in [2.75, 3.05) is 7.11 Å². The van der Waals surface area contributed by atoms with Crippen LogP contribution in [0.5, 0.6) is 11.8 Å². The number of carbonyl (C=O) groups is 1. The highest BCUT2D eigenvalue weighted by molar-refractivity contribution is 5.86. The Morgan fingerprint density at radius 1 is 1.32 bits per heavy atom. The average molecular weight is 260 g/mol. The zero-order chi connectivity index (χ0) is 13.7. The number of aromatic carboxylic acids is 1. The van der Waals surface area contributed by atoms with E-state index in [0.29, 0.717) is 12.4 Å². The molecule has 0 aliphatic carbocycles. The highest BCUT2D eigenvalue weighted by Gasteiger charge is 2.06. The first kappa shape index (κ1) is 13.0. The molecule has 1 aromatic carbocycles. The zero-order valence-electron chi connectivity index (χ0n) is 10.2. The van der Waals surface area contributed by atoms with E-state index in [1.165, 1.54) is 12.4 Å². The molecule has 0 unspecified atom stereocenters. The Labute approximate surface area is 109 Å². The van der Waals surface area contributed by atoms with Gasteiger partial charge in [0.05, 0.1) is 12.2 Å². The Hall–Kier alpha value is -2.47. The lowest BCUT2D eigenvalue weighted by molar-refractivity contribution is 0.0696. The van der Waals surface area contributed by atoms with Gasteiger partial charge in [-0.2, -0.15) is 0 Å². The molecule has 0 radical (unpaired) electrons. The molecule has 1 N–H and O–H groups in total. The molecule has 0 bridgehead atoms. The first-order chi connectivity index (χ1) is 9.19. The van der Waals surface area contributed by atoms with E-state index < -0.39 is 5.97 Å². The maximum Gasteiger partial charge on any atom is 0.338 e. The standard InChI is InChI=1S/C13H12N2O4/c1-18-8-9-3-2-4-11(5-9)19-13-14-6-10(7-15-13)12(16)17/h2-7H,8H2,1H3,(H,16,17). The van der Waals surface area contributed by atoms with Gasteiger partial charge in [-0.25, -0.2) is 14.8 Å². The summed E-state index contributed by atoms with van der Waals surface area (Å²) in [6, 6.07) is 7.39. The lowest BCUT2D eigenvalue weighted by Gasteiger charge is -2.05. The van der Waals surface area contributed by atoms with Crippen LogP contribution in [0, 0.1) is 0 Å². The predicted molar refractivity (Wildman–Crippen MR) is 66.2 cm³/mol. The predicted octanol–water partition coefficient (Wildman–Crippen LogP) is 2.11. The van der Waals surface area contributed by atoms with Gasteiger partial charge in [0.15, 0.2) is 0 Å². The molecule has 0 aliphatic heterocycles. The molecular formula is C13H12N2O4. The van der Waals surface area contributed by atoms with Crippen molar-refractivity contribution in [1.82, 2.24) is 9.97 Å². The van der Waals surface area contributed by atoms with Gasteiger partial charge in [-0.3, -0.25) is 0 Å². The summed E-state index contributed by atoms with van der Waals surface area (Å²) in [6.07, 6.45) is 2.40. The molecule has 98 valence electrons. The lowest BCUT2D eigenvalue weighted by Crippen LogP contribution is -2.00. The summed E-state index contributed by atoms with van der Waals surface area (Å²) in [5.41, 5.74) is 0.975. The van der Waals surface area contributed by atoms with Crippen molar-refractivity contribution in [1.29, 1.82) is 0 Å². The summed E-state index contributed by atoms with van der Waals surface area (Å²) in [5.74, 6) is -0.508. The van der Waals surface area contributed by atoms with Crippen LogP contribution in [0.3, 0.4) is 0 Å². The Bertz CT molecular complexity index is 569. The van der Waals surface area contributed by atoms with Crippen LogP contribution in [-0.2, 0) is 11.3 Å². The van der Waals surface area contributed by atoms with Gasteiger partial charge >= 0.3 is 12.0 Å². The Kier molecular flexibility index (Phi) is 4.04. The zero-order valence-corrected chi connectivity index (χ0v) is 10.2. The van der Waals surface area contributed by atoms with Crippen molar-refractivity contribution in [2.24, 2.45) is 0 Å². The van der Waals surface area contributed by atoms with Gasteiger partial charge in [-0.1, -0.05) is 12.1 Å². The fourth-order valence-corrected chi connectivity index (χ4v) is 1.45. The lowest BCUT2D eigenvalue weighted by atomic mass is 10.2. The van der Waals surface area contributed by atoms with Crippen LogP contribution in [0.2, 0.25) is 0 Å². The minimum atomic E-state index is -1.08. The number of benzene rings is 1. The third kappa shape index (κ3) is 3.49. The van der Waals surface area contributed by atoms with Crippen molar-refractivity contribution in [2.45, 2.75) is 6.61 Å². The second kappa shape index (κ2) is 5.92. The molecule has 0 atom stereocenters. The summed E-state index contributed by atoms with van der Waals surface area (Å²) in [5, 5.41) is 8.73. The summed E-state index contributed by atoms with van der Waals surface area (Å²) in [6.45, 7) is 0.482. The van der Waals surface area contributed by atoms with Crippen LogP contribution in [0.4, 0.5) is 0 Å². The first-order valence-corrected chi connectivity index (χ1v) is 5.50. The van der Waals surface area contributed by atoms with Crippen molar-refractivity contribution in [3.8, 4) is 11.8 Å². The van der Waals surface area contributed by atoms with Gasteiger partial charge in [0.25, 0.3) is 0 Å². The molecular weight excluding hydrogens is 248 g/mol. The molecule has 1 aromatic heterocycles. The van der Waals surface area contributed by atoms with Crippen LogP contribution in [-0.4, -0.2) is 28.2 Å². The van der Waals surface area contributed by atoms with Gasteiger partial charge in [0.1, 0.15) is 5.75 Å². The molecule has 0 fully saturated rings. The van der Waals surface area contributed by atoms with Gasteiger partial charge < -0.3 is 14.6 Å². The summed E-state index contributed by atoms with van der Waals surface area (Å²) < 4.78 is 10.5. The van der Waals surface area contributed by atoms with E-state index in [9.17, 15) is 4.79 Å². The number of nitrogens with zero attached hydrogens (tertiary/aromatic N) is 2. The van der Waals surface area contributed by atoms with Crippen molar-refractivity contribution in [3.05, 3.63) is 47.8 Å². The van der Waals surface area contributed by atoms with Gasteiger partial charge in [0, 0.05) is 19.5 Å². The number of carboxylic acid groups (broad SMARTS) is 1. The Balaban J connectivity index is 2.12. The molecule has 0 aliphatic rings. The molecule has 2 rings (SSSR count). The second-order valence-corrected chi connectivity index (χ2v) is 3.74. The van der Waals surface area contributed by atoms with E-state index in [4.69, 9.17) is 14.6 Å². The van der Waals surface area contributed by atoms with E-state index in [2.05, 4.69) is 9.97 Å². The van der Waals surface area contributed by atoms with Crippen molar-refractivity contribution < 1.29 is 19.4 Å². The Morgan fingerprint density at radius 3 is 2.68 bits per heavy atom. The third-order valence-electron chi connectivity index (χ3n) is 2.29. The number of carboxylic acids is 1. The molecule has 19 heavy (non-hydrogen) atoms. The second-order valence-electron chi connectivity index (χ2n) is 3.74. The van der Waals surface area contributed by atoms with Crippen molar-refractivity contribution in [3.63, 3.8) is 0 Å². The normalized spacial score (nSPS) is 10.2. The maximum atomic E-state index is 10.7. The number of ether oxygens (including phenoxy) is 2. The highest BCUT2D eigenvalue weighted by atomic mass is 16.5. The fourth-order valence-electron chi connectivity index (χ4n) is 1.45. The van der Waals surface area contributed by atoms with Crippen LogP contribution in [0.25, 0.3) is 0 Å². The van der Waals surface area contributed by atoms with Crippen LogP contribution in [0.15, 0.2) is 36.7 Å². The molecule has 2 aromatic rings. The number of rotatable bonds is 5. The van der Waals surface area contributed by atoms with Crippen LogP contribution in [0.1, 0.15) is 15.9 Å². The maximum absolute atomic E-state index is 10.7. The third-order valence-corrected chi connectivity index (χ3v) is 2.29. The molecule has 0 amide bonds. The smallest absolute Gasteiger partial charge is 0.338 e. The molecule has 0 saturated heterocycles. The summed E-state index contributed by atoms with van der Waals surface area (Å²) >= 11 is 0. The minimum Gasteiger partial charge on any atom is -0.478 e. The van der Waals surface area contributed by atoms with E-state index in [-0.39, 0.29) is 11.6 Å². The number of hydrogen-bond donors (Lipinski definition) is 1. The van der Waals surface area contributed by atoms with E-state index in [0.717, 1.165) is 5.56 Å². The topological polar surface area (TPSA) is 81.5 Å². The van der Waals surface area contributed by atoms with E-state index in [1.807, 2.05) is 12.1 Å². The number of hydrogen-bond acceptors (Lipinski definition) is 5. The van der Waals surface area contributed by atoms with Gasteiger partial charge in [-0.15, -0.1) is 0 Å². The molecule has 6 nitrogen and oxygen atoms in total.